The van der Waals surface area contributed by atoms with Crippen LogP contribution in [0.1, 0.15) is 23.1 Å². The third kappa shape index (κ3) is 3.95. The number of carbonyl (C=O) groups excluding carboxylic acids is 1. The largest absolute Gasteiger partial charge is 0.493 e. The summed E-state index contributed by atoms with van der Waals surface area (Å²) in [6, 6.07) is 12.9. The number of methoxy groups -OCH3 is 2. The van der Waals surface area contributed by atoms with Crippen LogP contribution in [0.3, 0.4) is 0 Å². The molecule has 0 saturated heterocycles. The van der Waals surface area contributed by atoms with E-state index in [-0.39, 0.29) is 5.78 Å². The second kappa shape index (κ2) is 8.13. The minimum atomic E-state index is -0.0963. The maximum Gasteiger partial charge on any atom is 0.181 e. The highest BCUT2D eigenvalue weighted by atomic mass is 16.5. The molecule has 0 spiro atoms. The molecule has 0 amide bonds. The number of rotatable bonds is 7. The number of nitrogens with one attached hydrogen (secondary N) is 1. The quantitative estimate of drug-likeness (QED) is 0.644. The first-order valence-electron chi connectivity index (χ1n) is 8.18. The van der Waals surface area contributed by atoms with Gasteiger partial charge in [-0.05, 0) is 35.5 Å². The van der Waals surface area contributed by atoms with Gasteiger partial charge < -0.3 is 14.8 Å². The molecular weight excluding hydrogens is 346 g/mol. The van der Waals surface area contributed by atoms with Crippen molar-refractivity contribution in [2.75, 3.05) is 19.5 Å². The zero-order valence-electron chi connectivity index (χ0n) is 15.2. The smallest absolute Gasteiger partial charge is 0.181 e. The number of para-hydroxylation sites is 1. The molecule has 0 saturated carbocycles. The number of aromatic nitrogens is 4. The fourth-order valence-corrected chi connectivity index (χ4v) is 2.55. The molecule has 0 aliphatic carbocycles. The molecule has 1 heterocycles. The molecule has 0 radical (unpaired) electrons. The molecule has 0 aliphatic rings. The van der Waals surface area contributed by atoms with Crippen molar-refractivity contribution in [2.45, 2.75) is 6.92 Å². The van der Waals surface area contributed by atoms with E-state index in [0.717, 1.165) is 5.69 Å². The highest BCUT2D eigenvalue weighted by Gasteiger charge is 2.13. The maximum atomic E-state index is 12.0. The Kier molecular flexibility index (Phi) is 5.46. The van der Waals surface area contributed by atoms with Crippen molar-refractivity contribution in [3.05, 3.63) is 60.1 Å². The van der Waals surface area contributed by atoms with E-state index < -0.39 is 0 Å². The number of tetrazole rings is 1. The van der Waals surface area contributed by atoms with Crippen LogP contribution in [-0.4, -0.2) is 40.2 Å². The first-order chi connectivity index (χ1) is 13.1. The second-order valence-corrected chi connectivity index (χ2v) is 5.57. The van der Waals surface area contributed by atoms with Crippen LogP contribution >= 0.6 is 0 Å². The van der Waals surface area contributed by atoms with Gasteiger partial charge in [0.1, 0.15) is 0 Å². The van der Waals surface area contributed by atoms with E-state index >= 15 is 0 Å². The fraction of sp³-hybridized carbons (Fsp3) is 0.158. The molecule has 0 aliphatic heterocycles. The molecule has 1 aromatic heterocycles. The Morgan fingerprint density at radius 2 is 1.81 bits per heavy atom. The molecule has 0 bridgehead atoms. The van der Waals surface area contributed by atoms with Gasteiger partial charge in [-0.2, -0.15) is 4.68 Å². The third-order valence-corrected chi connectivity index (χ3v) is 3.87. The first-order valence-corrected chi connectivity index (χ1v) is 8.18. The molecule has 1 N–H and O–H groups in total. The first kappa shape index (κ1) is 18.1. The maximum absolute atomic E-state index is 12.0. The molecule has 3 aromatic rings. The van der Waals surface area contributed by atoms with E-state index in [4.69, 9.17) is 9.47 Å². The Morgan fingerprint density at radius 1 is 1.11 bits per heavy atom. The van der Waals surface area contributed by atoms with Gasteiger partial charge in [-0.25, -0.2) is 0 Å². The molecule has 0 atom stereocenters. The highest BCUT2D eigenvalue weighted by molar-refractivity contribution is 6.00. The van der Waals surface area contributed by atoms with Crippen molar-refractivity contribution in [1.29, 1.82) is 0 Å². The number of hydrogen-bond donors (Lipinski definition) is 1. The van der Waals surface area contributed by atoms with Crippen LogP contribution in [0.4, 0.5) is 5.69 Å². The van der Waals surface area contributed by atoms with Crippen molar-refractivity contribution in [2.24, 2.45) is 0 Å². The van der Waals surface area contributed by atoms with Crippen LogP contribution in [0.2, 0.25) is 0 Å². The standard InChI is InChI=1S/C19H19N5O3/c1-13(25)15-11-17(26-2)18(27-3)12-16(15)20-10-9-19-21-22-23-24(19)14-7-5-4-6-8-14/h4-12,20H,1-3H3. The van der Waals surface area contributed by atoms with E-state index in [9.17, 15) is 4.79 Å². The number of benzene rings is 2. The van der Waals surface area contributed by atoms with Crippen LogP contribution in [0.25, 0.3) is 11.8 Å². The van der Waals surface area contributed by atoms with Crippen LogP contribution in [0, 0.1) is 0 Å². The number of ether oxygens (including phenoxy) is 2. The summed E-state index contributed by atoms with van der Waals surface area (Å²) >= 11 is 0. The summed E-state index contributed by atoms with van der Waals surface area (Å²) in [6.45, 7) is 1.49. The zero-order chi connectivity index (χ0) is 19.2. The van der Waals surface area contributed by atoms with Crippen LogP contribution in [0.5, 0.6) is 11.5 Å². The molecule has 8 heteroatoms. The number of nitrogens with zero attached hydrogens (tertiary/aromatic N) is 4. The number of Topliss-reactive ketones (excluding diaryl/α,β-unsaturated/α-hetero) is 1. The topological polar surface area (TPSA) is 91.2 Å². The van der Waals surface area contributed by atoms with E-state index in [0.29, 0.717) is 28.6 Å². The monoisotopic (exact) mass is 365 g/mol. The SMILES string of the molecule is COc1cc(NC=Cc2nnnn2-c2ccccc2)c(C(C)=O)cc1OC. The summed E-state index contributed by atoms with van der Waals surface area (Å²) in [5.41, 5.74) is 1.92. The minimum absolute atomic E-state index is 0.0963. The van der Waals surface area contributed by atoms with Gasteiger partial charge >= 0.3 is 0 Å². The summed E-state index contributed by atoms with van der Waals surface area (Å²) in [6.07, 6.45) is 3.38. The van der Waals surface area contributed by atoms with Gasteiger partial charge in [0.25, 0.3) is 0 Å². The van der Waals surface area contributed by atoms with Gasteiger partial charge in [-0.15, -0.1) is 5.10 Å². The number of carbonyl (C=O) groups is 1. The average Bonchev–Trinajstić information content (AvgIpc) is 3.16. The van der Waals surface area contributed by atoms with Gasteiger partial charge in [0.05, 0.1) is 25.6 Å². The predicted molar refractivity (Wildman–Crippen MR) is 101 cm³/mol. The molecule has 3 rings (SSSR count). The van der Waals surface area contributed by atoms with Gasteiger partial charge in [-0.3, -0.25) is 4.79 Å². The van der Waals surface area contributed by atoms with Crippen molar-refractivity contribution in [3.63, 3.8) is 0 Å². The van der Waals surface area contributed by atoms with Crippen LogP contribution < -0.4 is 14.8 Å². The molecule has 2 aromatic carbocycles. The molecule has 8 nitrogen and oxygen atoms in total. The molecular formula is C19H19N5O3. The van der Waals surface area contributed by atoms with E-state index in [1.807, 2.05) is 30.3 Å². The Morgan fingerprint density at radius 3 is 2.48 bits per heavy atom. The third-order valence-electron chi connectivity index (χ3n) is 3.87. The minimum Gasteiger partial charge on any atom is -0.493 e. The molecule has 0 unspecified atom stereocenters. The molecule has 0 fully saturated rings. The van der Waals surface area contributed by atoms with E-state index in [1.54, 1.807) is 36.2 Å². The van der Waals surface area contributed by atoms with E-state index in [2.05, 4.69) is 20.8 Å². The van der Waals surface area contributed by atoms with Crippen molar-refractivity contribution in [3.8, 4) is 17.2 Å². The lowest BCUT2D eigenvalue weighted by Crippen LogP contribution is -2.03. The van der Waals surface area contributed by atoms with Gasteiger partial charge in [0.15, 0.2) is 23.1 Å². The number of anilines is 1. The van der Waals surface area contributed by atoms with Crippen molar-refractivity contribution < 1.29 is 14.3 Å². The van der Waals surface area contributed by atoms with Crippen molar-refractivity contribution >= 4 is 17.5 Å². The Balaban J connectivity index is 1.87. The van der Waals surface area contributed by atoms with Gasteiger partial charge in [0.2, 0.25) is 0 Å². The lowest BCUT2D eigenvalue weighted by molar-refractivity contribution is 0.101. The Hall–Kier alpha value is -3.68. The predicted octanol–water partition coefficient (Wildman–Crippen LogP) is 2.96. The normalized spacial score (nSPS) is 10.8. The van der Waals surface area contributed by atoms with Crippen LogP contribution in [-0.2, 0) is 0 Å². The number of ketones is 1. The molecule has 138 valence electrons. The van der Waals surface area contributed by atoms with Gasteiger partial charge in [-0.1, -0.05) is 18.2 Å². The average molecular weight is 365 g/mol. The summed E-state index contributed by atoms with van der Waals surface area (Å²) < 4.78 is 12.2. The van der Waals surface area contributed by atoms with Crippen LogP contribution in [0.15, 0.2) is 48.7 Å². The molecule has 27 heavy (non-hydrogen) atoms. The van der Waals surface area contributed by atoms with Gasteiger partial charge in [0, 0.05) is 23.9 Å². The summed E-state index contributed by atoms with van der Waals surface area (Å²) in [7, 11) is 3.07. The Bertz CT molecular complexity index is 967. The summed E-state index contributed by atoms with van der Waals surface area (Å²) in [4.78, 5) is 12.0. The lowest BCUT2D eigenvalue weighted by Gasteiger charge is -2.13. The summed E-state index contributed by atoms with van der Waals surface area (Å²) in [5.74, 6) is 1.46. The van der Waals surface area contributed by atoms with E-state index in [1.165, 1.54) is 14.0 Å². The lowest BCUT2D eigenvalue weighted by atomic mass is 10.1. The number of hydrogen-bond acceptors (Lipinski definition) is 7. The zero-order valence-corrected chi connectivity index (χ0v) is 15.2. The Labute approximate surface area is 156 Å². The fourth-order valence-electron chi connectivity index (χ4n) is 2.55. The highest BCUT2D eigenvalue weighted by Crippen LogP contribution is 2.33. The second-order valence-electron chi connectivity index (χ2n) is 5.57. The summed E-state index contributed by atoms with van der Waals surface area (Å²) in [5, 5.41) is 14.8. The van der Waals surface area contributed by atoms with Crippen molar-refractivity contribution in [1.82, 2.24) is 20.2 Å².